The lowest BCUT2D eigenvalue weighted by molar-refractivity contribution is -0.144. The molecular formula is C14H24N2O3. The third-order valence-electron chi connectivity index (χ3n) is 4.75. The second-order valence-electron chi connectivity index (χ2n) is 5.88. The lowest BCUT2D eigenvalue weighted by Gasteiger charge is -2.32. The number of carbonyl (C=O) groups excluding carboxylic acids is 2. The Morgan fingerprint density at radius 3 is 2.58 bits per heavy atom. The quantitative estimate of drug-likeness (QED) is 0.773. The molecule has 4 unspecified atom stereocenters. The summed E-state index contributed by atoms with van der Waals surface area (Å²) in [5.74, 6) is 0.968. The van der Waals surface area contributed by atoms with Crippen molar-refractivity contribution in [3.05, 3.63) is 0 Å². The zero-order chi connectivity index (χ0) is 14.0. The highest BCUT2D eigenvalue weighted by Gasteiger charge is 2.45. The molecule has 0 spiro atoms. The number of fused-ring (bicyclic) bond motifs is 2. The van der Waals surface area contributed by atoms with Crippen LogP contribution in [0.1, 0.15) is 32.6 Å². The molecule has 4 atom stereocenters. The molecule has 0 aliphatic heterocycles. The van der Waals surface area contributed by atoms with Crippen LogP contribution < -0.4 is 5.73 Å². The summed E-state index contributed by atoms with van der Waals surface area (Å²) in [6.45, 7) is 2.57. The summed E-state index contributed by atoms with van der Waals surface area (Å²) in [6.07, 6.45) is 4.58. The van der Waals surface area contributed by atoms with E-state index in [1.165, 1.54) is 12.8 Å². The molecule has 2 rings (SSSR count). The number of hydrogen-bond acceptors (Lipinski definition) is 3. The molecule has 2 aliphatic carbocycles. The molecule has 0 saturated heterocycles. The van der Waals surface area contributed by atoms with Crippen molar-refractivity contribution in [2.45, 2.75) is 38.6 Å². The number of primary amides is 1. The maximum Gasteiger partial charge on any atom is 0.239 e. The van der Waals surface area contributed by atoms with Gasteiger partial charge >= 0.3 is 0 Å². The van der Waals surface area contributed by atoms with Crippen molar-refractivity contribution in [2.75, 3.05) is 20.3 Å². The maximum absolute atomic E-state index is 12.6. The molecule has 2 amide bonds. The highest BCUT2D eigenvalue weighted by molar-refractivity contribution is 5.87. The first-order chi connectivity index (χ1) is 9.04. The smallest absolute Gasteiger partial charge is 0.239 e. The Morgan fingerprint density at radius 1 is 1.37 bits per heavy atom. The third-order valence-corrected chi connectivity index (χ3v) is 4.75. The van der Waals surface area contributed by atoms with Gasteiger partial charge in [-0.05, 0) is 38.0 Å². The fourth-order valence-electron chi connectivity index (χ4n) is 3.60. The van der Waals surface area contributed by atoms with Crippen molar-refractivity contribution in [3.63, 3.8) is 0 Å². The minimum absolute atomic E-state index is 0.0931. The van der Waals surface area contributed by atoms with Crippen LogP contribution in [0.2, 0.25) is 0 Å². The Balaban J connectivity index is 2.04. The Bertz CT molecular complexity index is 359. The van der Waals surface area contributed by atoms with Gasteiger partial charge in [0, 0.05) is 19.6 Å². The normalized spacial score (nSPS) is 30.3. The average molecular weight is 268 g/mol. The molecule has 5 nitrogen and oxygen atoms in total. The first-order valence-corrected chi connectivity index (χ1v) is 7.13. The van der Waals surface area contributed by atoms with Crippen molar-refractivity contribution in [2.24, 2.45) is 23.5 Å². The molecule has 0 heterocycles. The SMILES string of the molecule is COCCN(C(=O)C1CC2CCC1C2)C(C)C(N)=O. The second-order valence-corrected chi connectivity index (χ2v) is 5.88. The summed E-state index contributed by atoms with van der Waals surface area (Å²) in [6, 6.07) is -0.554. The zero-order valence-corrected chi connectivity index (χ0v) is 11.8. The first kappa shape index (κ1) is 14.3. The van der Waals surface area contributed by atoms with Gasteiger partial charge in [0.2, 0.25) is 11.8 Å². The molecule has 2 saturated carbocycles. The van der Waals surface area contributed by atoms with Gasteiger partial charge in [-0.1, -0.05) is 6.42 Å². The van der Waals surface area contributed by atoms with E-state index in [-0.39, 0.29) is 11.8 Å². The van der Waals surface area contributed by atoms with Crippen molar-refractivity contribution in [1.82, 2.24) is 4.90 Å². The molecule has 19 heavy (non-hydrogen) atoms. The highest BCUT2D eigenvalue weighted by atomic mass is 16.5. The predicted molar refractivity (Wildman–Crippen MR) is 71.2 cm³/mol. The number of nitrogens with zero attached hydrogens (tertiary/aromatic N) is 1. The fourth-order valence-corrected chi connectivity index (χ4v) is 3.60. The summed E-state index contributed by atoms with van der Waals surface area (Å²) < 4.78 is 5.03. The monoisotopic (exact) mass is 268 g/mol. The summed E-state index contributed by atoms with van der Waals surface area (Å²) in [5.41, 5.74) is 5.35. The summed E-state index contributed by atoms with van der Waals surface area (Å²) in [4.78, 5) is 25.6. The Labute approximate surface area is 114 Å². The standard InChI is InChI=1S/C14H24N2O3/c1-9(13(15)17)16(5-6-19-2)14(18)12-8-10-3-4-11(12)7-10/h9-12H,3-8H2,1-2H3,(H2,15,17). The van der Waals surface area contributed by atoms with E-state index >= 15 is 0 Å². The topological polar surface area (TPSA) is 72.6 Å². The van der Waals surface area contributed by atoms with Gasteiger partial charge in [-0.25, -0.2) is 0 Å². The maximum atomic E-state index is 12.6. The number of nitrogens with two attached hydrogens (primary N) is 1. The van der Waals surface area contributed by atoms with Crippen LogP contribution in [0.4, 0.5) is 0 Å². The van der Waals surface area contributed by atoms with Crippen LogP contribution in [0.3, 0.4) is 0 Å². The molecule has 108 valence electrons. The fraction of sp³-hybridized carbons (Fsp3) is 0.857. The predicted octanol–water partition coefficient (Wildman–Crippen LogP) is 0.771. The van der Waals surface area contributed by atoms with Crippen LogP contribution in [-0.2, 0) is 14.3 Å². The molecular weight excluding hydrogens is 244 g/mol. The van der Waals surface area contributed by atoms with Crippen LogP contribution in [0.15, 0.2) is 0 Å². The molecule has 0 aromatic carbocycles. The Morgan fingerprint density at radius 2 is 2.11 bits per heavy atom. The van der Waals surface area contributed by atoms with E-state index < -0.39 is 11.9 Å². The summed E-state index contributed by atoms with van der Waals surface area (Å²) in [7, 11) is 1.59. The van der Waals surface area contributed by atoms with Gasteiger partial charge < -0.3 is 15.4 Å². The van der Waals surface area contributed by atoms with Gasteiger partial charge in [0.15, 0.2) is 0 Å². The largest absolute Gasteiger partial charge is 0.383 e. The Kier molecular flexibility index (Phi) is 4.45. The third kappa shape index (κ3) is 2.91. The molecule has 0 aromatic rings. The number of methoxy groups -OCH3 is 1. The van der Waals surface area contributed by atoms with E-state index in [2.05, 4.69) is 0 Å². The first-order valence-electron chi connectivity index (χ1n) is 7.13. The van der Waals surface area contributed by atoms with Crippen molar-refractivity contribution < 1.29 is 14.3 Å². The van der Waals surface area contributed by atoms with E-state index in [9.17, 15) is 9.59 Å². The number of ether oxygens (including phenoxy) is 1. The molecule has 2 fully saturated rings. The van der Waals surface area contributed by atoms with Gasteiger partial charge in [-0.15, -0.1) is 0 Å². The van der Waals surface area contributed by atoms with E-state index in [0.717, 1.165) is 12.8 Å². The van der Waals surface area contributed by atoms with E-state index in [0.29, 0.717) is 25.0 Å². The van der Waals surface area contributed by atoms with Crippen molar-refractivity contribution >= 4 is 11.8 Å². The van der Waals surface area contributed by atoms with Gasteiger partial charge in [0.25, 0.3) is 0 Å². The van der Waals surface area contributed by atoms with Crippen molar-refractivity contribution in [3.8, 4) is 0 Å². The van der Waals surface area contributed by atoms with Crippen LogP contribution in [0.5, 0.6) is 0 Å². The van der Waals surface area contributed by atoms with Gasteiger partial charge in [-0.3, -0.25) is 9.59 Å². The lowest BCUT2D eigenvalue weighted by Crippen LogP contribution is -2.50. The highest BCUT2D eigenvalue weighted by Crippen LogP contribution is 2.48. The molecule has 2 N–H and O–H groups in total. The number of carbonyl (C=O) groups is 2. The Hall–Kier alpha value is -1.10. The van der Waals surface area contributed by atoms with Gasteiger partial charge in [0.1, 0.15) is 6.04 Å². The minimum atomic E-state index is -0.554. The number of amides is 2. The number of hydrogen-bond donors (Lipinski definition) is 1. The zero-order valence-electron chi connectivity index (χ0n) is 11.8. The summed E-state index contributed by atoms with van der Waals surface area (Å²) in [5, 5.41) is 0. The van der Waals surface area contributed by atoms with E-state index in [1.807, 2.05) is 0 Å². The van der Waals surface area contributed by atoms with E-state index in [1.54, 1.807) is 18.9 Å². The molecule has 2 bridgehead atoms. The van der Waals surface area contributed by atoms with Gasteiger partial charge in [0.05, 0.1) is 6.61 Å². The molecule has 2 aliphatic rings. The van der Waals surface area contributed by atoms with Crippen LogP contribution in [0, 0.1) is 17.8 Å². The molecule has 0 aromatic heterocycles. The summed E-state index contributed by atoms with van der Waals surface area (Å²) >= 11 is 0. The lowest BCUT2D eigenvalue weighted by atomic mass is 9.87. The van der Waals surface area contributed by atoms with Crippen LogP contribution in [-0.4, -0.2) is 43.0 Å². The van der Waals surface area contributed by atoms with Crippen molar-refractivity contribution in [1.29, 1.82) is 0 Å². The molecule has 0 radical (unpaired) electrons. The van der Waals surface area contributed by atoms with Crippen LogP contribution in [0.25, 0.3) is 0 Å². The molecule has 5 heteroatoms. The van der Waals surface area contributed by atoms with E-state index in [4.69, 9.17) is 10.5 Å². The number of rotatable bonds is 6. The average Bonchev–Trinajstić information content (AvgIpc) is 3.00. The van der Waals surface area contributed by atoms with Crippen LogP contribution >= 0.6 is 0 Å². The van der Waals surface area contributed by atoms with Gasteiger partial charge in [-0.2, -0.15) is 0 Å². The minimum Gasteiger partial charge on any atom is -0.383 e. The second kappa shape index (κ2) is 5.90.